The molecule has 1 N–H and O–H groups in total. The zero-order chi connectivity index (χ0) is 12.2. The summed E-state index contributed by atoms with van der Waals surface area (Å²) in [6.45, 7) is 4.12. The topological polar surface area (TPSA) is 41.1 Å². The summed E-state index contributed by atoms with van der Waals surface area (Å²) in [7, 11) is 0. The van der Waals surface area contributed by atoms with Crippen LogP contribution in [-0.4, -0.2) is 36.1 Å². The Bertz CT molecular complexity index is 348. The van der Waals surface area contributed by atoms with E-state index in [2.05, 4.69) is 21.3 Å². The maximum Gasteiger partial charge on any atom is 0.225 e. The van der Waals surface area contributed by atoms with E-state index >= 15 is 0 Å². The minimum Gasteiger partial charge on any atom is -0.338 e. The van der Waals surface area contributed by atoms with Crippen molar-refractivity contribution in [2.24, 2.45) is 0 Å². The molecule has 18 heavy (non-hydrogen) atoms. The SMILES string of the molecule is c1cc(C2CCCCC2)nc(N2CCNCC2)n1. The van der Waals surface area contributed by atoms with Crippen molar-refractivity contribution in [2.45, 2.75) is 38.0 Å². The maximum absolute atomic E-state index is 4.81. The van der Waals surface area contributed by atoms with E-state index < -0.39 is 0 Å². The van der Waals surface area contributed by atoms with Gasteiger partial charge in [-0.1, -0.05) is 19.3 Å². The minimum absolute atomic E-state index is 0.670. The molecule has 4 heteroatoms. The number of nitrogens with zero attached hydrogens (tertiary/aromatic N) is 3. The highest BCUT2D eigenvalue weighted by atomic mass is 15.3. The first-order valence-corrected chi connectivity index (χ1v) is 7.22. The second kappa shape index (κ2) is 5.65. The predicted molar refractivity (Wildman–Crippen MR) is 72.9 cm³/mol. The molecular formula is C14H22N4. The lowest BCUT2D eigenvalue weighted by Gasteiger charge is -2.28. The van der Waals surface area contributed by atoms with Gasteiger partial charge >= 0.3 is 0 Å². The molecule has 0 spiro atoms. The quantitative estimate of drug-likeness (QED) is 0.866. The fraction of sp³-hybridized carbons (Fsp3) is 0.714. The van der Waals surface area contributed by atoms with Gasteiger partial charge in [-0.3, -0.25) is 0 Å². The molecule has 0 aromatic carbocycles. The highest BCUT2D eigenvalue weighted by molar-refractivity contribution is 5.32. The van der Waals surface area contributed by atoms with Crippen LogP contribution in [0.4, 0.5) is 5.95 Å². The van der Waals surface area contributed by atoms with Gasteiger partial charge < -0.3 is 10.2 Å². The van der Waals surface area contributed by atoms with Crippen LogP contribution in [0.1, 0.15) is 43.7 Å². The summed E-state index contributed by atoms with van der Waals surface area (Å²) in [5.74, 6) is 1.60. The van der Waals surface area contributed by atoms with Gasteiger partial charge in [-0.2, -0.15) is 0 Å². The zero-order valence-electron chi connectivity index (χ0n) is 10.9. The van der Waals surface area contributed by atoms with Gasteiger partial charge in [-0.15, -0.1) is 0 Å². The van der Waals surface area contributed by atoms with Crippen LogP contribution in [0, 0.1) is 0 Å². The third-order valence-corrected chi connectivity index (χ3v) is 4.09. The van der Waals surface area contributed by atoms with Gasteiger partial charge in [0.05, 0.1) is 0 Å². The second-order valence-electron chi connectivity index (χ2n) is 5.35. The summed E-state index contributed by atoms with van der Waals surface area (Å²) in [5.41, 5.74) is 1.26. The molecule has 4 nitrogen and oxygen atoms in total. The Labute approximate surface area is 109 Å². The Hall–Kier alpha value is -1.16. The van der Waals surface area contributed by atoms with Crippen molar-refractivity contribution < 1.29 is 0 Å². The second-order valence-corrected chi connectivity index (χ2v) is 5.35. The van der Waals surface area contributed by atoms with Crippen molar-refractivity contribution >= 4 is 5.95 Å². The molecule has 1 aliphatic heterocycles. The molecule has 0 unspecified atom stereocenters. The maximum atomic E-state index is 4.81. The van der Waals surface area contributed by atoms with Crippen LogP contribution in [0.15, 0.2) is 12.3 Å². The van der Waals surface area contributed by atoms with Crippen LogP contribution in [0.3, 0.4) is 0 Å². The predicted octanol–water partition coefficient (Wildman–Crippen LogP) is 1.93. The molecule has 0 atom stereocenters. The largest absolute Gasteiger partial charge is 0.338 e. The number of hydrogen-bond acceptors (Lipinski definition) is 4. The Morgan fingerprint density at radius 3 is 2.67 bits per heavy atom. The van der Waals surface area contributed by atoms with E-state index in [9.17, 15) is 0 Å². The van der Waals surface area contributed by atoms with E-state index in [1.54, 1.807) is 0 Å². The van der Waals surface area contributed by atoms with Crippen LogP contribution in [0.25, 0.3) is 0 Å². The van der Waals surface area contributed by atoms with E-state index in [0.717, 1.165) is 32.1 Å². The van der Waals surface area contributed by atoms with E-state index in [1.165, 1.54) is 37.8 Å². The Morgan fingerprint density at radius 2 is 1.89 bits per heavy atom. The third-order valence-electron chi connectivity index (χ3n) is 4.09. The summed E-state index contributed by atoms with van der Waals surface area (Å²) >= 11 is 0. The van der Waals surface area contributed by atoms with Crippen LogP contribution < -0.4 is 10.2 Å². The zero-order valence-corrected chi connectivity index (χ0v) is 10.9. The van der Waals surface area contributed by atoms with Crippen molar-refractivity contribution in [3.05, 3.63) is 18.0 Å². The number of rotatable bonds is 2. The average Bonchev–Trinajstić information content (AvgIpc) is 2.49. The standard InChI is InChI=1S/C14H22N4/c1-2-4-12(5-3-1)13-6-7-16-14(17-13)18-10-8-15-9-11-18/h6-7,12,15H,1-5,8-11H2. The fourth-order valence-electron chi connectivity index (χ4n) is 3.00. The van der Waals surface area contributed by atoms with Gasteiger partial charge in [-0.05, 0) is 18.9 Å². The molecule has 1 saturated heterocycles. The van der Waals surface area contributed by atoms with E-state index in [1.807, 2.05) is 6.20 Å². The highest BCUT2D eigenvalue weighted by Gasteiger charge is 2.19. The first kappa shape index (κ1) is 11.9. The van der Waals surface area contributed by atoms with Crippen molar-refractivity contribution in [3.8, 4) is 0 Å². The lowest BCUT2D eigenvalue weighted by Crippen LogP contribution is -2.44. The molecule has 2 fully saturated rings. The van der Waals surface area contributed by atoms with Crippen molar-refractivity contribution in [3.63, 3.8) is 0 Å². The number of hydrogen-bond donors (Lipinski definition) is 1. The van der Waals surface area contributed by atoms with Gasteiger partial charge in [0.1, 0.15) is 0 Å². The molecule has 98 valence electrons. The summed E-state index contributed by atoms with van der Waals surface area (Å²) in [6.07, 6.45) is 8.66. The third kappa shape index (κ3) is 2.64. The monoisotopic (exact) mass is 246 g/mol. The number of nitrogens with one attached hydrogen (secondary N) is 1. The van der Waals surface area contributed by atoms with E-state index in [0.29, 0.717) is 5.92 Å². The van der Waals surface area contributed by atoms with Gasteiger partial charge in [0.25, 0.3) is 0 Å². The lowest BCUT2D eigenvalue weighted by atomic mass is 9.87. The van der Waals surface area contributed by atoms with E-state index in [4.69, 9.17) is 4.98 Å². The lowest BCUT2D eigenvalue weighted by molar-refractivity contribution is 0.436. The number of piperazine rings is 1. The first-order valence-electron chi connectivity index (χ1n) is 7.22. The van der Waals surface area contributed by atoms with Crippen LogP contribution in [0.5, 0.6) is 0 Å². The highest BCUT2D eigenvalue weighted by Crippen LogP contribution is 2.31. The smallest absolute Gasteiger partial charge is 0.225 e. The summed E-state index contributed by atoms with van der Waals surface area (Å²) < 4.78 is 0. The molecule has 0 radical (unpaired) electrons. The Balaban J connectivity index is 1.75. The van der Waals surface area contributed by atoms with Crippen molar-refractivity contribution in [1.29, 1.82) is 0 Å². The summed E-state index contributed by atoms with van der Waals surface area (Å²) in [4.78, 5) is 11.5. The van der Waals surface area contributed by atoms with Gasteiger partial charge in [0.2, 0.25) is 5.95 Å². The fourth-order valence-corrected chi connectivity index (χ4v) is 3.00. The molecule has 0 amide bonds. The summed E-state index contributed by atoms with van der Waals surface area (Å²) in [6, 6.07) is 2.11. The first-order chi connectivity index (χ1) is 8.93. The molecule has 1 saturated carbocycles. The molecule has 0 bridgehead atoms. The van der Waals surface area contributed by atoms with E-state index in [-0.39, 0.29) is 0 Å². The van der Waals surface area contributed by atoms with Gasteiger partial charge in [0.15, 0.2) is 0 Å². The molecule has 1 aromatic rings. The van der Waals surface area contributed by atoms with Crippen LogP contribution in [0.2, 0.25) is 0 Å². The Kier molecular flexibility index (Phi) is 3.74. The molecule has 2 aliphatic rings. The minimum atomic E-state index is 0.670. The van der Waals surface area contributed by atoms with Crippen molar-refractivity contribution in [2.75, 3.05) is 31.1 Å². The number of anilines is 1. The molecule has 2 heterocycles. The Morgan fingerprint density at radius 1 is 1.11 bits per heavy atom. The normalized spacial score (nSPS) is 22.1. The molecular weight excluding hydrogens is 224 g/mol. The van der Waals surface area contributed by atoms with Gasteiger partial charge in [0, 0.05) is 44.0 Å². The molecule has 3 rings (SSSR count). The van der Waals surface area contributed by atoms with Crippen molar-refractivity contribution in [1.82, 2.24) is 15.3 Å². The van der Waals surface area contributed by atoms with Crippen LogP contribution >= 0.6 is 0 Å². The molecule has 1 aliphatic carbocycles. The molecule has 1 aromatic heterocycles. The summed E-state index contributed by atoms with van der Waals surface area (Å²) in [5, 5.41) is 3.37. The van der Waals surface area contributed by atoms with Gasteiger partial charge in [-0.25, -0.2) is 9.97 Å². The van der Waals surface area contributed by atoms with Crippen LogP contribution in [-0.2, 0) is 0 Å². The number of aromatic nitrogens is 2. The average molecular weight is 246 g/mol.